The lowest BCUT2D eigenvalue weighted by Crippen LogP contribution is -2.23. The highest BCUT2D eigenvalue weighted by Crippen LogP contribution is 2.30. The molecule has 0 aliphatic heterocycles. The highest BCUT2D eigenvalue weighted by Gasteiger charge is 2.16. The Balaban J connectivity index is 1.43. The van der Waals surface area contributed by atoms with Crippen LogP contribution in [0.25, 0.3) is 39.4 Å². The summed E-state index contributed by atoms with van der Waals surface area (Å²) in [6.07, 6.45) is 5.94. The van der Waals surface area contributed by atoms with Gasteiger partial charge in [-0.2, -0.15) is 14.6 Å². The molecule has 0 fully saturated rings. The molecule has 9 heteroatoms. The average Bonchev–Trinajstić information content (AvgIpc) is 3.65. The Bertz CT molecular complexity index is 1910. The molecule has 7 nitrogen and oxygen atoms in total. The summed E-state index contributed by atoms with van der Waals surface area (Å²) in [4.78, 5) is 18.6. The van der Waals surface area contributed by atoms with Gasteiger partial charge in [-0.05, 0) is 67.4 Å². The van der Waals surface area contributed by atoms with E-state index in [1.165, 1.54) is 15.9 Å². The fraction of sp³-hybridized carbons (Fsp3) is 0.161. The number of rotatable bonds is 8. The van der Waals surface area contributed by atoms with Crippen molar-refractivity contribution in [2.45, 2.75) is 26.7 Å². The van der Waals surface area contributed by atoms with Gasteiger partial charge in [0.2, 0.25) is 4.96 Å². The number of ether oxygens (including phenoxy) is 1. The van der Waals surface area contributed by atoms with Gasteiger partial charge in [0, 0.05) is 27.4 Å². The average molecular weight is 613 g/mol. The van der Waals surface area contributed by atoms with Crippen LogP contribution in [0.4, 0.5) is 0 Å². The SMILES string of the molecule is CCCCOc1ccc(-c2nn(-c3ccccc3)cc2C=c2sc3nc(-c4ccc(Br)cc4)nn3c2=O)c(C)c1. The number of thiazole rings is 1. The van der Waals surface area contributed by atoms with Gasteiger partial charge < -0.3 is 4.74 Å². The van der Waals surface area contributed by atoms with Gasteiger partial charge in [-0.3, -0.25) is 4.79 Å². The molecule has 0 saturated carbocycles. The molecular weight excluding hydrogens is 586 g/mol. The van der Waals surface area contributed by atoms with E-state index in [1.807, 2.05) is 89.8 Å². The molecule has 3 heterocycles. The Labute approximate surface area is 243 Å². The van der Waals surface area contributed by atoms with E-state index in [2.05, 4.69) is 39.9 Å². The molecule has 0 N–H and O–H groups in total. The minimum atomic E-state index is -0.203. The fourth-order valence-electron chi connectivity index (χ4n) is 4.44. The summed E-state index contributed by atoms with van der Waals surface area (Å²) >= 11 is 4.77. The van der Waals surface area contributed by atoms with Gasteiger partial charge in [0.25, 0.3) is 5.56 Å². The van der Waals surface area contributed by atoms with E-state index >= 15 is 0 Å². The second-order valence-corrected chi connectivity index (χ2v) is 11.4. The van der Waals surface area contributed by atoms with Crippen LogP contribution >= 0.6 is 27.3 Å². The lowest BCUT2D eigenvalue weighted by atomic mass is 10.0. The third-order valence-electron chi connectivity index (χ3n) is 6.55. The van der Waals surface area contributed by atoms with E-state index in [0.29, 0.717) is 21.9 Å². The zero-order chi connectivity index (χ0) is 27.6. The molecule has 0 unspecified atom stereocenters. The molecule has 200 valence electrons. The van der Waals surface area contributed by atoms with Crippen molar-refractivity contribution in [2.24, 2.45) is 0 Å². The van der Waals surface area contributed by atoms with Gasteiger partial charge in [-0.15, -0.1) is 5.10 Å². The molecular formula is C31H26BrN5O2S. The molecule has 6 rings (SSSR count). The molecule has 40 heavy (non-hydrogen) atoms. The molecule has 0 bridgehead atoms. The summed E-state index contributed by atoms with van der Waals surface area (Å²) in [7, 11) is 0. The maximum Gasteiger partial charge on any atom is 0.291 e. The number of halogens is 1. The standard InChI is InChI=1S/C31H26BrN5O2S/c1-3-4-16-39-25-14-15-26(20(2)17-25)28-22(19-36(34-28)24-8-6-5-7-9-24)18-27-30(38)37-31(40-27)33-29(35-37)21-10-12-23(32)13-11-21/h5-15,17-19H,3-4,16H2,1-2H3. The van der Waals surface area contributed by atoms with Gasteiger partial charge in [-0.25, -0.2) is 4.68 Å². The second-order valence-electron chi connectivity index (χ2n) is 9.44. The Kier molecular flexibility index (Phi) is 7.32. The second kappa shape index (κ2) is 11.2. The largest absolute Gasteiger partial charge is 0.494 e. The van der Waals surface area contributed by atoms with Gasteiger partial charge in [0.15, 0.2) is 5.82 Å². The molecule has 0 spiro atoms. The summed E-state index contributed by atoms with van der Waals surface area (Å²) in [6, 6.07) is 23.7. The lowest BCUT2D eigenvalue weighted by molar-refractivity contribution is 0.309. The molecule has 0 radical (unpaired) electrons. The van der Waals surface area contributed by atoms with E-state index in [4.69, 9.17) is 9.84 Å². The van der Waals surface area contributed by atoms with Crippen LogP contribution in [0.3, 0.4) is 0 Å². The third-order valence-corrected chi connectivity index (χ3v) is 8.04. The van der Waals surface area contributed by atoms with Crippen LogP contribution in [-0.4, -0.2) is 31.0 Å². The third kappa shape index (κ3) is 5.22. The maximum atomic E-state index is 13.4. The predicted molar refractivity (Wildman–Crippen MR) is 163 cm³/mol. The van der Waals surface area contributed by atoms with E-state index in [0.717, 1.165) is 56.7 Å². The van der Waals surface area contributed by atoms with E-state index < -0.39 is 0 Å². The van der Waals surface area contributed by atoms with Crippen molar-refractivity contribution in [1.29, 1.82) is 0 Å². The fourth-order valence-corrected chi connectivity index (χ4v) is 5.60. The van der Waals surface area contributed by atoms with Gasteiger partial charge >= 0.3 is 0 Å². The van der Waals surface area contributed by atoms with Gasteiger partial charge in [0.1, 0.15) is 11.4 Å². The van der Waals surface area contributed by atoms with Crippen LogP contribution < -0.4 is 14.8 Å². The van der Waals surface area contributed by atoms with Gasteiger partial charge in [0.05, 0.1) is 16.8 Å². The monoisotopic (exact) mass is 611 g/mol. The Morgan fingerprint density at radius 2 is 1.82 bits per heavy atom. The lowest BCUT2D eigenvalue weighted by Gasteiger charge is -2.09. The van der Waals surface area contributed by atoms with Crippen molar-refractivity contribution in [1.82, 2.24) is 24.4 Å². The topological polar surface area (TPSA) is 74.3 Å². The summed E-state index contributed by atoms with van der Waals surface area (Å²) < 4.78 is 10.7. The van der Waals surface area contributed by atoms with Crippen LogP contribution in [-0.2, 0) is 0 Å². The van der Waals surface area contributed by atoms with Crippen molar-refractivity contribution >= 4 is 38.3 Å². The molecule has 0 aliphatic rings. The number of para-hydroxylation sites is 1. The molecule has 3 aromatic carbocycles. The normalized spacial score (nSPS) is 11.9. The molecule has 0 saturated heterocycles. The first-order valence-corrected chi connectivity index (χ1v) is 14.7. The smallest absolute Gasteiger partial charge is 0.291 e. The predicted octanol–water partition coefficient (Wildman–Crippen LogP) is 6.47. The highest BCUT2D eigenvalue weighted by atomic mass is 79.9. The Morgan fingerprint density at radius 3 is 2.55 bits per heavy atom. The van der Waals surface area contributed by atoms with Crippen molar-refractivity contribution in [3.05, 3.63) is 109 Å². The Morgan fingerprint density at radius 1 is 1.02 bits per heavy atom. The van der Waals surface area contributed by atoms with Crippen LogP contribution in [0.15, 0.2) is 88.3 Å². The van der Waals surface area contributed by atoms with Crippen molar-refractivity contribution in [3.8, 4) is 34.1 Å². The van der Waals surface area contributed by atoms with E-state index in [1.54, 1.807) is 0 Å². The number of unbranched alkanes of at least 4 members (excludes halogenated alkanes) is 1. The minimum absolute atomic E-state index is 0.203. The van der Waals surface area contributed by atoms with Crippen LogP contribution in [0.1, 0.15) is 30.9 Å². The molecule has 3 aromatic heterocycles. The zero-order valence-electron chi connectivity index (χ0n) is 22.0. The number of benzene rings is 3. The first-order chi connectivity index (χ1) is 19.5. The number of fused-ring (bicyclic) bond motifs is 1. The first kappa shape index (κ1) is 26.2. The van der Waals surface area contributed by atoms with Crippen molar-refractivity contribution in [3.63, 3.8) is 0 Å². The molecule has 6 aromatic rings. The van der Waals surface area contributed by atoms with Crippen LogP contribution in [0, 0.1) is 6.92 Å². The van der Waals surface area contributed by atoms with E-state index in [9.17, 15) is 4.79 Å². The number of hydrogen-bond acceptors (Lipinski definition) is 6. The van der Waals surface area contributed by atoms with Crippen LogP contribution in [0.2, 0.25) is 0 Å². The number of aryl methyl sites for hydroxylation is 1. The summed E-state index contributed by atoms with van der Waals surface area (Å²) in [6.45, 7) is 4.90. The van der Waals surface area contributed by atoms with Crippen molar-refractivity contribution in [2.75, 3.05) is 6.61 Å². The highest BCUT2D eigenvalue weighted by molar-refractivity contribution is 9.10. The molecule has 0 aliphatic carbocycles. The summed E-state index contributed by atoms with van der Waals surface area (Å²) in [5.74, 6) is 1.37. The van der Waals surface area contributed by atoms with Crippen LogP contribution in [0.5, 0.6) is 5.75 Å². The number of nitrogens with zero attached hydrogens (tertiary/aromatic N) is 5. The molecule has 0 amide bonds. The maximum absolute atomic E-state index is 13.4. The van der Waals surface area contributed by atoms with E-state index in [-0.39, 0.29) is 5.56 Å². The quantitative estimate of drug-likeness (QED) is 0.184. The summed E-state index contributed by atoms with van der Waals surface area (Å²) in [5, 5.41) is 9.45. The first-order valence-electron chi connectivity index (χ1n) is 13.1. The molecule has 0 atom stereocenters. The number of hydrogen-bond donors (Lipinski definition) is 0. The zero-order valence-corrected chi connectivity index (χ0v) is 24.4. The van der Waals surface area contributed by atoms with Crippen molar-refractivity contribution < 1.29 is 4.74 Å². The summed E-state index contributed by atoms with van der Waals surface area (Å²) in [5.41, 5.74) is 5.24. The minimum Gasteiger partial charge on any atom is -0.494 e. The number of aromatic nitrogens is 5. The van der Waals surface area contributed by atoms with Gasteiger partial charge in [-0.1, -0.05) is 70.9 Å². The Hall–Kier alpha value is -4.08.